The van der Waals surface area contributed by atoms with E-state index in [4.69, 9.17) is 4.52 Å². The van der Waals surface area contributed by atoms with Gasteiger partial charge in [-0.3, -0.25) is 0 Å². The summed E-state index contributed by atoms with van der Waals surface area (Å²) in [4.78, 5) is 0. The second kappa shape index (κ2) is 6.21. The lowest BCUT2D eigenvalue weighted by molar-refractivity contribution is 0.388. The summed E-state index contributed by atoms with van der Waals surface area (Å²) in [6.45, 7) is 5.59. The summed E-state index contributed by atoms with van der Waals surface area (Å²) in [5.74, 6) is 0.716. The summed E-state index contributed by atoms with van der Waals surface area (Å²) in [7, 11) is 0. The molecule has 3 rings (SSSR count). The van der Waals surface area contributed by atoms with E-state index in [0.29, 0.717) is 0 Å². The molecule has 2 aromatic rings. The monoisotopic (exact) mass is 302 g/mol. The first kappa shape index (κ1) is 15.2. The third-order valence-electron chi connectivity index (χ3n) is 4.96. The van der Waals surface area contributed by atoms with Gasteiger partial charge in [-0.2, -0.15) is 0 Å². The summed E-state index contributed by atoms with van der Waals surface area (Å²) in [6, 6.07) is 7.03. The van der Waals surface area contributed by atoms with Crippen molar-refractivity contribution in [1.82, 2.24) is 10.5 Å². The molecule has 1 aromatic heterocycles. The highest BCUT2D eigenvalue weighted by atomic mass is 19.1. The molecule has 0 radical (unpaired) electrons. The van der Waals surface area contributed by atoms with Gasteiger partial charge in [0.15, 0.2) is 0 Å². The van der Waals surface area contributed by atoms with Crippen molar-refractivity contribution in [2.75, 3.05) is 6.54 Å². The molecule has 1 aliphatic rings. The first-order valence-corrected chi connectivity index (χ1v) is 7.99. The predicted molar refractivity (Wildman–Crippen MR) is 84.2 cm³/mol. The molecule has 1 saturated carbocycles. The highest BCUT2D eigenvalue weighted by Crippen LogP contribution is 2.40. The van der Waals surface area contributed by atoms with E-state index in [1.54, 1.807) is 12.1 Å². The number of benzene rings is 1. The molecule has 1 N–H and O–H groups in total. The van der Waals surface area contributed by atoms with Crippen LogP contribution >= 0.6 is 0 Å². The lowest BCUT2D eigenvalue weighted by Gasteiger charge is -2.30. The fourth-order valence-corrected chi connectivity index (χ4v) is 3.60. The van der Waals surface area contributed by atoms with Crippen LogP contribution in [0, 0.1) is 19.7 Å². The zero-order valence-electron chi connectivity index (χ0n) is 13.3. The topological polar surface area (TPSA) is 38.1 Å². The molecular formula is C18H23FN2O. The van der Waals surface area contributed by atoms with E-state index in [1.165, 1.54) is 18.4 Å². The number of halogens is 1. The van der Waals surface area contributed by atoms with Crippen LogP contribution in [0.2, 0.25) is 0 Å². The molecule has 1 aliphatic carbocycles. The van der Waals surface area contributed by atoms with Gasteiger partial charge in [0.2, 0.25) is 0 Å². The van der Waals surface area contributed by atoms with Crippen LogP contribution in [-0.4, -0.2) is 11.7 Å². The fraction of sp³-hybridized carbons (Fsp3) is 0.500. The Bertz CT molecular complexity index is 608. The fourth-order valence-electron chi connectivity index (χ4n) is 3.60. The predicted octanol–water partition coefficient (Wildman–Crippen LogP) is 4.03. The molecule has 22 heavy (non-hydrogen) atoms. The van der Waals surface area contributed by atoms with Gasteiger partial charge < -0.3 is 9.84 Å². The van der Waals surface area contributed by atoms with Gasteiger partial charge >= 0.3 is 0 Å². The van der Waals surface area contributed by atoms with Gasteiger partial charge in [0.05, 0.1) is 5.69 Å². The Morgan fingerprint density at radius 3 is 2.45 bits per heavy atom. The summed E-state index contributed by atoms with van der Waals surface area (Å²) < 4.78 is 18.4. The third kappa shape index (κ3) is 2.93. The lowest BCUT2D eigenvalue weighted by atomic mass is 9.79. The Morgan fingerprint density at radius 2 is 1.86 bits per heavy atom. The van der Waals surface area contributed by atoms with Crippen LogP contribution in [0.3, 0.4) is 0 Å². The normalized spacial score (nSPS) is 17.0. The molecule has 118 valence electrons. The van der Waals surface area contributed by atoms with Crippen molar-refractivity contribution < 1.29 is 8.91 Å². The van der Waals surface area contributed by atoms with Gasteiger partial charge in [0, 0.05) is 24.1 Å². The highest BCUT2D eigenvalue weighted by Gasteiger charge is 2.35. The first-order chi connectivity index (χ1) is 10.6. The van der Waals surface area contributed by atoms with Gasteiger partial charge in [-0.15, -0.1) is 0 Å². The number of nitrogens with one attached hydrogen (secondary N) is 1. The van der Waals surface area contributed by atoms with E-state index < -0.39 is 0 Å². The van der Waals surface area contributed by atoms with Crippen molar-refractivity contribution in [3.63, 3.8) is 0 Å². The number of rotatable bonds is 5. The standard InChI is InChI=1S/C18H23FN2O/c1-13-17(14(2)22-21-13)11-20-12-18(9-3-4-10-18)15-5-7-16(19)8-6-15/h5-8,20H,3-4,9-12H2,1-2H3. The maximum Gasteiger partial charge on any atom is 0.138 e. The molecular weight excluding hydrogens is 279 g/mol. The molecule has 4 heteroatoms. The van der Waals surface area contributed by atoms with Gasteiger partial charge in [0.25, 0.3) is 0 Å². The first-order valence-electron chi connectivity index (χ1n) is 7.99. The van der Waals surface area contributed by atoms with E-state index in [9.17, 15) is 4.39 Å². The van der Waals surface area contributed by atoms with Gasteiger partial charge in [-0.05, 0) is 44.4 Å². The van der Waals surface area contributed by atoms with Crippen LogP contribution in [-0.2, 0) is 12.0 Å². The maximum absolute atomic E-state index is 13.2. The smallest absolute Gasteiger partial charge is 0.138 e. The summed E-state index contributed by atoms with van der Waals surface area (Å²) in [5, 5.41) is 7.57. The van der Waals surface area contributed by atoms with Crippen LogP contribution in [0.4, 0.5) is 4.39 Å². The van der Waals surface area contributed by atoms with E-state index >= 15 is 0 Å². The highest BCUT2D eigenvalue weighted by molar-refractivity contribution is 5.28. The van der Waals surface area contributed by atoms with Crippen LogP contribution in [0.5, 0.6) is 0 Å². The Hall–Kier alpha value is -1.68. The molecule has 0 saturated heterocycles. The molecule has 0 amide bonds. The summed E-state index contributed by atoms with van der Waals surface area (Å²) in [5.41, 5.74) is 3.48. The lowest BCUT2D eigenvalue weighted by Crippen LogP contribution is -2.35. The van der Waals surface area contributed by atoms with Crippen LogP contribution < -0.4 is 5.32 Å². The third-order valence-corrected chi connectivity index (χ3v) is 4.96. The Labute approximate surface area is 130 Å². The Balaban J connectivity index is 1.71. The van der Waals surface area contributed by atoms with Gasteiger partial charge in [-0.1, -0.05) is 30.1 Å². The second-order valence-electron chi connectivity index (χ2n) is 6.40. The van der Waals surface area contributed by atoms with E-state index in [-0.39, 0.29) is 11.2 Å². The molecule has 0 atom stereocenters. The quantitative estimate of drug-likeness (QED) is 0.906. The number of aryl methyl sites for hydroxylation is 2. The van der Waals surface area contributed by atoms with Crippen molar-refractivity contribution in [2.45, 2.75) is 51.5 Å². The summed E-state index contributed by atoms with van der Waals surface area (Å²) >= 11 is 0. The van der Waals surface area contributed by atoms with Gasteiger partial charge in [0.1, 0.15) is 11.6 Å². The zero-order valence-corrected chi connectivity index (χ0v) is 13.3. The number of aromatic nitrogens is 1. The van der Waals surface area contributed by atoms with E-state index in [1.807, 2.05) is 26.0 Å². The minimum atomic E-state index is -0.166. The SMILES string of the molecule is Cc1noc(C)c1CNCC1(c2ccc(F)cc2)CCCC1. The van der Waals surface area contributed by atoms with Crippen molar-refractivity contribution >= 4 is 0 Å². The summed E-state index contributed by atoms with van der Waals surface area (Å²) in [6.07, 6.45) is 4.80. The molecule has 1 fully saturated rings. The van der Waals surface area contributed by atoms with Crippen LogP contribution in [0.25, 0.3) is 0 Å². The van der Waals surface area contributed by atoms with Crippen LogP contribution in [0.1, 0.15) is 48.3 Å². The molecule has 3 nitrogen and oxygen atoms in total. The molecule has 0 spiro atoms. The van der Waals surface area contributed by atoms with Crippen molar-refractivity contribution in [3.05, 3.63) is 52.7 Å². The number of hydrogen-bond donors (Lipinski definition) is 1. The molecule has 0 bridgehead atoms. The van der Waals surface area contributed by atoms with E-state index in [0.717, 1.165) is 42.9 Å². The van der Waals surface area contributed by atoms with Crippen LogP contribution in [0.15, 0.2) is 28.8 Å². The minimum absolute atomic E-state index is 0.132. The molecule has 1 aromatic carbocycles. The second-order valence-corrected chi connectivity index (χ2v) is 6.40. The Kier molecular flexibility index (Phi) is 4.30. The minimum Gasteiger partial charge on any atom is -0.361 e. The average molecular weight is 302 g/mol. The Morgan fingerprint density at radius 1 is 1.18 bits per heavy atom. The number of hydrogen-bond acceptors (Lipinski definition) is 3. The molecule has 0 unspecified atom stereocenters. The van der Waals surface area contributed by atoms with Crippen molar-refractivity contribution in [2.24, 2.45) is 0 Å². The average Bonchev–Trinajstić information content (AvgIpc) is 3.10. The van der Waals surface area contributed by atoms with Gasteiger partial charge in [-0.25, -0.2) is 4.39 Å². The number of nitrogens with zero attached hydrogens (tertiary/aromatic N) is 1. The zero-order chi connectivity index (χ0) is 15.6. The van der Waals surface area contributed by atoms with E-state index in [2.05, 4.69) is 10.5 Å². The molecule has 1 heterocycles. The molecule has 0 aliphatic heterocycles. The van der Waals surface area contributed by atoms with Crippen molar-refractivity contribution in [3.8, 4) is 0 Å². The maximum atomic E-state index is 13.2. The van der Waals surface area contributed by atoms with Crippen molar-refractivity contribution in [1.29, 1.82) is 0 Å². The largest absolute Gasteiger partial charge is 0.361 e.